The molecule has 19 heavy (non-hydrogen) atoms. The van der Waals surface area contributed by atoms with E-state index < -0.39 is 18.8 Å². The van der Waals surface area contributed by atoms with Gasteiger partial charge in [-0.1, -0.05) is 17.7 Å². The van der Waals surface area contributed by atoms with Crippen molar-refractivity contribution in [3.05, 3.63) is 29.8 Å². The summed E-state index contributed by atoms with van der Waals surface area (Å²) >= 11 is 0. The number of aliphatic hydroxyl groups is 1. The molecule has 0 fully saturated rings. The molecule has 108 valence electrons. The summed E-state index contributed by atoms with van der Waals surface area (Å²) < 4.78 is 41.6. The lowest BCUT2D eigenvalue weighted by atomic mass is 10.2. The Bertz CT molecular complexity index is 378. The first-order chi connectivity index (χ1) is 8.79. The molecule has 2 atom stereocenters. The van der Waals surface area contributed by atoms with Gasteiger partial charge in [-0.05, 0) is 26.0 Å². The highest BCUT2D eigenvalue weighted by Crippen LogP contribution is 2.19. The van der Waals surface area contributed by atoms with Crippen molar-refractivity contribution in [2.45, 2.75) is 32.2 Å². The Labute approximate surface area is 110 Å². The van der Waals surface area contributed by atoms with E-state index in [2.05, 4.69) is 5.32 Å². The van der Waals surface area contributed by atoms with E-state index in [9.17, 15) is 13.2 Å². The summed E-state index contributed by atoms with van der Waals surface area (Å²) in [6.07, 6.45) is -6.95. The number of halogens is 3. The fourth-order valence-corrected chi connectivity index (χ4v) is 1.34. The second kappa shape index (κ2) is 6.77. The lowest BCUT2D eigenvalue weighted by Crippen LogP contribution is -2.43. The molecule has 0 saturated carbocycles. The molecule has 6 heteroatoms. The van der Waals surface area contributed by atoms with Crippen molar-refractivity contribution in [3.63, 3.8) is 0 Å². The summed E-state index contributed by atoms with van der Waals surface area (Å²) in [5, 5.41) is 11.4. The van der Waals surface area contributed by atoms with E-state index in [1.54, 1.807) is 19.1 Å². The SMILES string of the molecule is Cc1ccc(OCC(C)NCC(O)C(F)(F)F)cc1. The Hall–Kier alpha value is -1.27. The van der Waals surface area contributed by atoms with Gasteiger partial charge >= 0.3 is 6.18 Å². The summed E-state index contributed by atoms with van der Waals surface area (Å²) in [4.78, 5) is 0. The van der Waals surface area contributed by atoms with Crippen LogP contribution in [-0.2, 0) is 0 Å². The first-order valence-corrected chi connectivity index (χ1v) is 5.96. The highest BCUT2D eigenvalue weighted by atomic mass is 19.4. The third kappa shape index (κ3) is 5.94. The monoisotopic (exact) mass is 277 g/mol. The van der Waals surface area contributed by atoms with Gasteiger partial charge in [0.2, 0.25) is 0 Å². The summed E-state index contributed by atoms with van der Waals surface area (Å²) in [5.41, 5.74) is 1.10. The minimum atomic E-state index is -4.59. The number of hydrogen-bond acceptors (Lipinski definition) is 3. The van der Waals surface area contributed by atoms with Crippen LogP contribution in [0.15, 0.2) is 24.3 Å². The van der Waals surface area contributed by atoms with Crippen LogP contribution < -0.4 is 10.1 Å². The van der Waals surface area contributed by atoms with Crippen LogP contribution in [0, 0.1) is 6.92 Å². The van der Waals surface area contributed by atoms with Gasteiger partial charge in [0.25, 0.3) is 0 Å². The van der Waals surface area contributed by atoms with Crippen molar-refractivity contribution in [3.8, 4) is 5.75 Å². The Morgan fingerprint density at radius 1 is 1.26 bits per heavy atom. The van der Waals surface area contributed by atoms with Crippen molar-refractivity contribution in [1.29, 1.82) is 0 Å². The highest BCUT2D eigenvalue weighted by molar-refractivity contribution is 5.26. The van der Waals surface area contributed by atoms with Crippen molar-refractivity contribution in [2.24, 2.45) is 0 Å². The molecule has 1 aromatic rings. The van der Waals surface area contributed by atoms with Crippen LogP contribution in [0.2, 0.25) is 0 Å². The largest absolute Gasteiger partial charge is 0.492 e. The van der Waals surface area contributed by atoms with Gasteiger partial charge in [0, 0.05) is 12.6 Å². The zero-order chi connectivity index (χ0) is 14.5. The lowest BCUT2D eigenvalue weighted by molar-refractivity contribution is -0.202. The van der Waals surface area contributed by atoms with Gasteiger partial charge in [-0.25, -0.2) is 0 Å². The maximum absolute atomic E-state index is 12.1. The Morgan fingerprint density at radius 2 is 1.84 bits per heavy atom. The smallest absolute Gasteiger partial charge is 0.415 e. The Balaban J connectivity index is 2.28. The lowest BCUT2D eigenvalue weighted by Gasteiger charge is -2.19. The van der Waals surface area contributed by atoms with Crippen molar-refractivity contribution in [2.75, 3.05) is 13.2 Å². The van der Waals surface area contributed by atoms with E-state index in [1.165, 1.54) is 0 Å². The number of aryl methyl sites for hydroxylation is 1. The van der Waals surface area contributed by atoms with Crippen molar-refractivity contribution in [1.82, 2.24) is 5.32 Å². The number of aliphatic hydroxyl groups excluding tert-OH is 1. The topological polar surface area (TPSA) is 41.5 Å². The molecule has 0 saturated heterocycles. The zero-order valence-corrected chi connectivity index (χ0v) is 10.9. The summed E-state index contributed by atoms with van der Waals surface area (Å²) in [6, 6.07) is 7.08. The van der Waals surface area contributed by atoms with Gasteiger partial charge in [0.05, 0.1) is 0 Å². The average Bonchev–Trinajstić information content (AvgIpc) is 2.34. The molecule has 0 aromatic heterocycles. The van der Waals surface area contributed by atoms with Gasteiger partial charge in [-0.2, -0.15) is 13.2 Å². The average molecular weight is 277 g/mol. The third-order valence-corrected chi connectivity index (χ3v) is 2.56. The first kappa shape index (κ1) is 15.8. The molecule has 1 rings (SSSR count). The van der Waals surface area contributed by atoms with Crippen LogP contribution in [-0.4, -0.2) is 36.6 Å². The van der Waals surface area contributed by atoms with Crippen LogP contribution in [0.25, 0.3) is 0 Å². The predicted molar refractivity (Wildman–Crippen MR) is 66.2 cm³/mol. The number of nitrogens with one attached hydrogen (secondary N) is 1. The normalized spacial score (nSPS) is 15.1. The van der Waals surface area contributed by atoms with Crippen LogP contribution in [0.1, 0.15) is 12.5 Å². The standard InChI is InChI=1S/C13H18F3NO2/c1-9-3-5-11(6-4-9)19-8-10(2)17-7-12(18)13(14,15)16/h3-6,10,12,17-18H,7-8H2,1-2H3. The third-order valence-electron chi connectivity index (χ3n) is 2.56. The molecule has 0 bridgehead atoms. The van der Waals surface area contributed by atoms with E-state index in [-0.39, 0.29) is 12.6 Å². The predicted octanol–water partition coefficient (Wildman–Crippen LogP) is 2.28. The highest BCUT2D eigenvalue weighted by Gasteiger charge is 2.37. The minimum absolute atomic E-state index is 0.230. The summed E-state index contributed by atoms with van der Waals surface area (Å²) in [6.45, 7) is 3.33. The van der Waals surface area contributed by atoms with Crippen molar-refractivity contribution >= 4 is 0 Å². The van der Waals surface area contributed by atoms with Crippen LogP contribution in [0.5, 0.6) is 5.75 Å². The van der Waals surface area contributed by atoms with Gasteiger partial charge in [-0.3, -0.25) is 0 Å². The number of ether oxygens (including phenoxy) is 1. The molecule has 2 unspecified atom stereocenters. The number of benzene rings is 1. The molecule has 2 N–H and O–H groups in total. The molecule has 0 spiro atoms. The van der Waals surface area contributed by atoms with E-state index in [4.69, 9.17) is 9.84 Å². The van der Waals surface area contributed by atoms with Gasteiger partial charge in [0.15, 0.2) is 6.10 Å². The molecule has 0 heterocycles. The van der Waals surface area contributed by atoms with Gasteiger partial charge in [0.1, 0.15) is 12.4 Å². The maximum atomic E-state index is 12.1. The van der Waals surface area contributed by atoms with E-state index >= 15 is 0 Å². The van der Waals surface area contributed by atoms with Crippen LogP contribution in [0.3, 0.4) is 0 Å². The van der Waals surface area contributed by atoms with Crippen LogP contribution >= 0.6 is 0 Å². The quantitative estimate of drug-likeness (QED) is 0.838. The molecule has 3 nitrogen and oxygen atoms in total. The second-order valence-corrected chi connectivity index (χ2v) is 4.49. The molecule has 0 aliphatic heterocycles. The van der Waals surface area contributed by atoms with E-state index in [0.29, 0.717) is 5.75 Å². The summed E-state index contributed by atoms with van der Waals surface area (Å²) in [5.74, 6) is 0.663. The molecule has 0 aliphatic carbocycles. The number of hydrogen-bond donors (Lipinski definition) is 2. The molecular weight excluding hydrogens is 259 g/mol. The fraction of sp³-hybridized carbons (Fsp3) is 0.538. The Kier molecular flexibility index (Phi) is 5.62. The number of rotatable bonds is 6. The summed E-state index contributed by atoms with van der Waals surface area (Å²) in [7, 11) is 0. The van der Waals surface area contributed by atoms with Crippen molar-refractivity contribution < 1.29 is 23.0 Å². The van der Waals surface area contributed by atoms with Crippen LogP contribution in [0.4, 0.5) is 13.2 Å². The molecule has 0 aliphatic rings. The minimum Gasteiger partial charge on any atom is -0.492 e. The van der Waals surface area contributed by atoms with E-state index in [1.807, 2.05) is 19.1 Å². The fourth-order valence-electron chi connectivity index (χ4n) is 1.34. The maximum Gasteiger partial charge on any atom is 0.415 e. The second-order valence-electron chi connectivity index (χ2n) is 4.49. The van der Waals surface area contributed by atoms with Gasteiger partial charge in [-0.15, -0.1) is 0 Å². The zero-order valence-electron chi connectivity index (χ0n) is 10.9. The number of alkyl halides is 3. The Morgan fingerprint density at radius 3 is 2.37 bits per heavy atom. The van der Waals surface area contributed by atoms with E-state index in [0.717, 1.165) is 5.56 Å². The molecule has 1 aromatic carbocycles. The molecular formula is C13H18F3NO2. The molecule has 0 radical (unpaired) electrons. The van der Waals surface area contributed by atoms with Gasteiger partial charge < -0.3 is 15.2 Å². The first-order valence-electron chi connectivity index (χ1n) is 5.96. The molecule has 0 amide bonds.